The Morgan fingerprint density at radius 2 is 2.13 bits per heavy atom. The monoisotopic (exact) mass is 230 g/mol. The summed E-state index contributed by atoms with van der Waals surface area (Å²) in [5, 5.41) is 8.54. The van der Waals surface area contributed by atoms with Gasteiger partial charge in [0.1, 0.15) is 0 Å². The maximum Gasteiger partial charge on any atom is 0.411 e. The first-order chi connectivity index (χ1) is 6.82. The van der Waals surface area contributed by atoms with E-state index >= 15 is 0 Å². The van der Waals surface area contributed by atoms with Crippen molar-refractivity contribution >= 4 is 21.6 Å². The minimum atomic E-state index is -3.42. The Kier molecular flexibility index (Phi) is 2.94. The number of amides is 1. The van der Waals surface area contributed by atoms with E-state index in [9.17, 15) is 13.2 Å². The van der Waals surface area contributed by atoms with E-state index in [0.29, 0.717) is 0 Å². The number of hydrogen-bond acceptors (Lipinski definition) is 4. The first-order valence-electron chi connectivity index (χ1n) is 3.95. The molecule has 6 nitrogen and oxygen atoms in total. The number of rotatable bonds is 2. The molecule has 0 atom stereocenters. The molecular weight excluding hydrogens is 220 g/mol. The molecule has 1 aromatic heterocycles. The molecule has 0 unspecified atom stereocenters. The summed E-state index contributed by atoms with van der Waals surface area (Å²) >= 11 is 0. The number of anilines is 1. The maximum atomic E-state index is 11.1. The lowest BCUT2D eigenvalue weighted by atomic mass is 10.4. The van der Waals surface area contributed by atoms with Crippen LogP contribution < -0.4 is 4.90 Å². The van der Waals surface area contributed by atoms with Crippen molar-refractivity contribution < 1.29 is 18.3 Å². The molecule has 15 heavy (non-hydrogen) atoms. The molecule has 82 valence electrons. The van der Waals surface area contributed by atoms with Crippen LogP contribution in [0.1, 0.15) is 0 Å². The first kappa shape index (κ1) is 11.4. The number of nitrogens with zero attached hydrogens (tertiary/aromatic N) is 2. The van der Waals surface area contributed by atoms with Crippen molar-refractivity contribution in [3.63, 3.8) is 0 Å². The van der Waals surface area contributed by atoms with Crippen molar-refractivity contribution in [1.29, 1.82) is 0 Å². The van der Waals surface area contributed by atoms with Crippen LogP contribution in [0.25, 0.3) is 0 Å². The average molecular weight is 230 g/mol. The summed E-state index contributed by atoms with van der Waals surface area (Å²) in [5.41, 5.74) is 0.262. The van der Waals surface area contributed by atoms with Crippen molar-refractivity contribution in [2.45, 2.75) is 5.03 Å². The van der Waals surface area contributed by atoms with Gasteiger partial charge >= 0.3 is 6.09 Å². The predicted molar refractivity (Wildman–Crippen MR) is 53.8 cm³/mol. The number of carbonyl (C=O) groups is 1. The van der Waals surface area contributed by atoms with Gasteiger partial charge in [0.2, 0.25) is 0 Å². The number of aromatic nitrogens is 1. The van der Waals surface area contributed by atoms with Gasteiger partial charge in [-0.1, -0.05) is 0 Å². The van der Waals surface area contributed by atoms with Gasteiger partial charge in [-0.05, 0) is 12.1 Å². The highest BCUT2D eigenvalue weighted by molar-refractivity contribution is 7.90. The Bertz CT molecular complexity index is 483. The Hall–Kier alpha value is -1.63. The van der Waals surface area contributed by atoms with Crippen molar-refractivity contribution in [1.82, 2.24) is 4.98 Å². The fraction of sp³-hybridized carbons (Fsp3) is 0.250. The van der Waals surface area contributed by atoms with Crippen LogP contribution in [0, 0.1) is 0 Å². The first-order valence-corrected chi connectivity index (χ1v) is 5.84. The van der Waals surface area contributed by atoms with Gasteiger partial charge in [0.05, 0.1) is 5.69 Å². The normalized spacial score (nSPS) is 11.1. The molecule has 0 aliphatic heterocycles. The summed E-state index contributed by atoms with van der Waals surface area (Å²) in [7, 11) is -2.09. The van der Waals surface area contributed by atoms with Crippen LogP contribution in [-0.2, 0) is 9.84 Å². The summed E-state index contributed by atoms with van der Waals surface area (Å²) < 4.78 is 22.3. The van der Waals surface area contributed by atoms with E-state index in [4.69, 9.17) is 5.11 Å². The molecule has 0 aliphatic carbocycles. The third kappa shape index (κ3) is 2.66. The van der Waals surface area contributed by atoms with Gasteiger partial charge in [0.15, 0.2) is 14.9 Å². The SMILES string of the molecule is CN(C(=O)O)c1ccnc(S(C)(=O)=O)c1. The van der Waals surface area contributed by atoms with Crippen molar-refractivity contribution in [3.8, 4) is 0 Å². The second kappa shape index (κ2) is 3.85. The van der Waals surface area contributed by atoms with E-state index in [1.54, 1.807) is 0 Å². The Balaban J connectivity index is 3.20. The number of hydrogen-bond donors (Lipinski definition) is 1. The third-order valence-electron chi connectivity index (χ3n) is 1.77. The largest absolute Gasteiger partial charge is 0.465 e. The summed E-state index contributed by atoms with van der Waals surface area (Å²) in [6.45, 7) is 0. The molecule has 0 saturated carbocycles. The van der Waals surface area contributed by atoms with Crippen molar-refractivity contribution in [2.24, 2.45) is 0 Å². The molecule has 1 amide bonds. The van der Waals surface area contributed by atoms with E-state index in [1.165, 1.54) is 25.4 Å². The number of carboxylic acid groups (broad SMARTS) is 1. The fourth-order valence-corrected chi connectivity index (χ4v) is 1.51. The van der Waals surface area contributed by atoms with Crippen LogP contribution in [0.5, 0.6) is 0 Å². The van der Waals surface area contributed by atoms with Gasteiger partial charge in [-0.25, -0.2) is 18.2 Å². The summed E-state index contributed by atoms with van der Waals surface area (Å²) in [6.07, 6.45) is 1.10. The molecule has 0 spiro atoms. The van der Waals surface area contributed by atoms with Crippen LogP contribution in [0.3, 0.4) is 0 Å². The van der Waals surface area contributed by atoms with Gasteiger partial charge in [-0.3, -0.25) is 4.90 Å². The molecule has 1 N–H and O–H groups in total. The van der Waals surface area contributed by atoms with Gasteiger partial charge in [-0.15, -0.1) is 0 Å². The molecule has 0 radical (unpaired) electrons. The standard InChI is InChI=1S/C8H10N2O4S/c1-10(8(11)12)6-3-4-9-7(5-6)15(2,13)14/h3-5H,1-2H3,(H,11,12). The lowest BCUT2D eigenvalue weighted by molar-refractivity contribution is 0.203. The molecule has 0 aliphatic rings. The Morgan fingerprint density at radius 1 is 1.53 bits per heavy atom. The van der Waals surface area contributed by atoms with Crippen LogP contribution in [0.15, 0.2) is 23.4 Å². The van der Waals surface area contributed by atoms with E-state index in [2.05, 4.69) is 4.98 Å². The predicted octanol–water partition coefficient (Wildman–Crippen LogP) is 0.599. The minimum Gasteiger partial charge on any atom is -0.465 e. The topological polar surface area (TPSA) is 87.6 Å². The highest BCUT2D eigenvalue weighted by atomic mass is 32.2. The number of pyridine rings is 1. The van der Waals surface area contributed by atoms with Gasteiger partial charge in [0.25, 0.3) is 0 Å². The van der Waals surface area contributed by atoms with Crippen LogP contribution in [0.2, 0.25) is 0 Å². The quantitative estimate of drug-likeness (QED) is 0.803. The molecule has 0 fully saturated rings. The summed E-state index contributed by atoms with van der Waals surface area (Å²) in [5.74, 6) is 0. The highest BCUT2D eigenvalue weighted by Crippen LogP contribution is 2.15. The zero-order valence-corrected chi connectivity index (χ0v) is 9.02. The Morgan fingerprint density at radius 3 is 2.60 bits per heavy atom. The molecule has 0 saturated heterocycles. The van der Waals surface area contributed by atoms with Gasteiger partial charge in [0, 0.05) is 19.5 Å². The van der Waals surface area contributed by atoms with Crippen molar-refractivity contribution in [2.75, 3.05) is 18.2 Å². The lowest BCUT2D eigenvalue weighted by Gasteiger charge is -2.12. The average Bonchev–Trinajstić information content (AvgIpc) is 2.15. The number of sulfone groups is 1. The molecule has 0 bridgehead atoms. The zero-order valence-electron chi connectivity index (χ0n) is 8.21. The lowest BCUT2D eigenvalue weighted by Crippen LogP contribution is -2.24. The van der Waals surface area contributed by atoms with Crippen LogP contribution in [0.4, 0.5) is 10.5 Å². The van der Waals surface area contributed by atoms with E-state index in [0.717, 1.165) is 11.2 Å². The van der Waals surface area contributed by atoms with E-state index in [-0.39, 0.29) is 10.7 Å². The maximum absolute atomic E-state index is 11.1. The summed E-state index contributed by atoms with van der Waals surface area (Å²) in [4.78, 5) is 15.2. The molecule has 1 heterocycles. The molecule has 0 aromatic carbocycles. The Labute approximate surface area is 87.1 Å². The second-order valence-corrected chi connectivity index (χ2v) is 4.93. The fourth-order valence-electron chi connectivity index (χ4n) is 0.921. The van der Waals surface area contributed by atoms with Gasteiger partial charge < -0.3 is 5.11 Å². The second-order valence-electron chi connectivity index (χ2n) is 2.97. The third-order valence-corrected chi connectivity index (χ3v) is 2.76. The molecule has 7 heteroatoms. The minimum absolute atomic E-state index is 0.145. The highest BCUT2D eigenvalue weighted by Gasteiger charge is 2.13. The van der Waals surface area contributed by atoms with E-state index in [1.807, 2.05) is 0 Å². The molecule has 1 rings (SSSR count). The van der Waals surface area contributed by atoms with Crippen molar-refractivity contribution in [3.05, 3.63) is 18.3 Å². The van der Waals surface area contributed by atoms with Crippen LogP contribution in [-0.4, -0.2) is 37.9 Å². The van der Waals surface area contributed by atoms with Gasteiger partial charge in [-0.2, -0.15) is 0 Å². The van der Waals surface area contributed by atoms with E-state index < -0.39 is 15.9 Å². The van der Waals surface area contributed by atoms with Crippen LogP contribution >= 0.6 is 0 Å². The molecular formula is C8H10N2O4S. The smallest absolute Gasteiger partial charge is 0.411 e. The zero-order chi connectivity index (χ0) is 11.6. The molecule has 1 aromatic rings. The summed E-state index contributed by atoms with van der Waals surface area (Å²) in [6, 6.07) is 2.63.